The molecule has 3 heteroatoms. The summed E-state index contributed by atoms with van der Waals surface area (Å²) in [5, 5.41) is 7.59. The fourth-order valence-electron chi connectivity index (χ4n) is 9.10. The molecule has 0 unspecified atom stereocenters. The molecule has 0 aliphatic rings. The van der Waals surface area contributed by atoms with E-state index in [1.165, 1.54) is 110 Å². The highest BCUT2D eigenvalue weighted by molar-refractivity contribution is 6.12. The van der Waals surface area contributed by atoms with E-state index in [4.69, 9.17) is 0 Å². The lowest BCUT2D eigenvalue weighted by molar-refractivity contribution is 1.13. The quantitative estimate of drug-likeness (QED) is 0.189. The summed E-state index contributed by atoms with van der Waals surface area (Å²) in [5.41, 5.74) is 19.7. The molecule has 3 nitrogen and oxygen atoms in total. The molecular formula is C52H39N3. The van der Waals surface area contributed by atoms with Crippen LogP contribution in [0, 0.1) is 27.7 Å². The summed E-state index contributed by atoms with van der Waals surface area (Å²) >= 11 is 0. The molecule has 0 saturated carbocycles. The van der Waals surface area contributed by atoms with Crippen LogP contribution in [-0.2, 0) is 0 Å². The minimum Gasteiger partial charge on any atom is -0.355 e. The maximum Gasteiger partial charge on any atom is 0.0541 e. The highest BCUT2D eigenvalue weighted by Gasteiger charge is 2.18. The summed E-state index contributed by atoms with van der Waals surface area (Å²) < 4.78 is 4.90. The molecule has 0 radical (unpaired) electrons. The van der Waals surface area contributed by atoms with E-state index < -0.39 is 0 Å². The van der Waals surface area contributed by atoms with Gasteiger partial charge in [-0.05, 0) is 133 Å². The number of aromatic nitrogens is 3. The van der Waals surface area contributed by atoms with Crippen LogP contribution in [0.5, 0.6) is 0 Å². The first kappa shape index (κ1) is 31.7. The first-order valence-electron chi connectivity index (χ1n) is 19.2. The monoisotopic (exact) mass is 705 g/mol. The van der Waals surface area contributed by atoms with Crippen molar-refractivity contribution in [2.75, 3.05) is 0 Å². The second kappa shape index (κ2) is 11.8. The van der Waals surface area contributed by atoms with Crippen molar-refractivity contribution in [3.63, 3.8) is 0 Å². The van der Waals surface area contributed by atoms with Gasteiger partial charge in [-0.25, -0.2) is 0 Å². The molecule has 1 N–H and O–H groups in total. The zero-order chi connectivity index (χ0) is 36.9. The molecule has 0 atom stereocenters. The topological polar surface area (TPSA) is 25.6 Å². The van der Waals surface area contributed by atoms with Gasteiger partial charge >= 0.3 is 0 Å². The number of para-hydroxylation sites is 4. The van der Waals surface area contributed by atoms with Crippen molar-refractivity contribution in [3.8, 4) is 33.6 Å². The van der Waals surface area contributed by atoms with Crippen LogP contribution in [0.25, 0.3) is 99.0 Å². The van der Waals surface area contributed by atoms with Crippen molar-refractivity contribution >= 4 is 65.4 Å². The van der Waals surface area contributed by atoms with E-state index in [0.717, 1.165) is 11.0 Å². The van der Waals surface area contributed by atoms with Gasteiger partial charge in [0.2, 0.25) is 0 Å². The highest BCUT2D eigenvalue weighted by atomic mass is 15.0. The largest absolute Gasteiger partial charge is 0.355 e. The predicted octanol–water partition coefficient (Wildman–Crippen LogP) is 14.1. The fraction of sp³-hybridized carbons (Fsp3) is 0.0769. The lowest BCUT2D eigenvalue weighted by Crippen LogP contribution is -2.00. The number of fused-ring (bicyclic) bond motifs is 9. The van der Waals surface area contributed by atoms with Gasteiger partial charge in [-0.1, -0.05) is 97.1 Å². The average Bonchev–Trinajstić information content (AvgIpc) is 3.87. The van der Waals surface area contributed by atoms with Gasteiger partial charge < -0.3 is 14.1 Å². The number of aryl methyl sites for hydroxylation is 2. The van der Waals surface area contributed by atoms with Gasteiger partial charge in [0.25, 0.3) is 0 Å². The van der Waals surface area contributed by atoms with Crippen LogP contribution in [0.2, 0.25) is 0 Å². The Labute approximate surface area is 319 Å². The minimum absolute atomic E-state index is 1.15. The number of benzene rings is 8. The second-order valence-electron chi connectivity index (χ2n) is 15.3. The van der Waals surface area contributed by atoms with Crippen molar-refractivity contribution in [2.45, 2.75) is 27.7 Å². The minimum atomic E-state index is 1.15. The van der Waals surface area contributed by atoms with E-state index in [2.05, 4.69) is 200 Å². The van der Waals surface area contributed by atoms with Gasteiger partial charge in [-0.2, -0.15) is 0 Å². The first-order chi connectivity index (χ1) is 26.9. The number of hydrogen-bond acceptors (Lipinski definition) is 0. The number of H-pyrrole nitrogens is 1. The first-order valence-corrected chi connectivity index (χ1v) is 19.2. The van der Waals surface area contributed by atoms with Gasteiger partial charge in [0.15, 0.2) is 0 Å². The Morgan fingerprint density at radius 3 is 1.04 bits per heavy atom. The predicted molar refractivity (Wildman–Crippen MR) is 234 cm³/mol. The molecule has 11 aromatic rings. The normalized spacial score (nSPS) is 12.0. The summed E-state index contributed by atoms with van der Waals surface area (Å²) in [6.07, 6.45) is 0. The molecule has 0 saturated heterocycles. The van der Waals surface area contributed by atoms with Gasteiger partial charge in [0.05, 0.1) is 22.1 Å². The summed E-state index contributed by atoms with van der Waals surface area (Å²) in [7, 11) is 0. The number of nitrogens with zero attached hydrogens (tertiary/aromatic N) is 2. The molecule has 3 aromatic heterocycles. The molecule has 3 heterocycles. The number of hydrogen-bond donors (Lipinski definition) is 1. The molecule has 262 valence electrons. The van der Waals surface area contributed by atoms with E-state index in [1.54, 1.807) is 0 Å². The summed E-state index contributed by atoms with van der Waals surface area (Å²) in [5.74, 6) is 0. The third kappa shape index (κ3) is 4.69. The average molecular weight is 706 g/mol. The highest BCUT2D eigenvalue weighted by Crippen LogP contribution is 2.40. The summed E-state index contributed by atoms with van der Waals surface area (Å²) in [6, 6.07) is 58.3. The van der Waals surface area contributed by atoms with Crippen LogP contribution >= 0.6 is 0 Å². The third-order valence-electron chi connectivity index (χ3n) is 12.2. The zero-order valence-electron chi connectivity index (χ0n) is 31.4. The molecule has 8 aromatic carbocycles. The zero-order valence-corrected chi connectivity index (χ0v) is 31.4. The van der Waals surface area contributed by atoms with Crippen LogP contribution in [-0.4, -0.2) is 14.1 Å². The molecular weight excluding hydrogens is 667 g/mol. The maximum atomic E-state index is 3.72. The number of aromatic amines is 1. The van der Waals surface area contributed by atoms with E-state index in [1.807, 2.05) is 0 Å². The SMILES string of the molecule is Cc1cc(-c2ccc3[nH]c4ccc(-c5cc(C)c(C)c(-n6c7ccccc7c7ccccc76)c5)cc4c3c2)cc(-n2c3ccccc3c3ccccc32)c1C. The summed E-state index contributed by atoms with van der Waals surface area (Å²) in [4.78, 5) is 3.72. The Hall–Kier alpha value is -6.84. The smallest absolute Gasteiger partial charge is 0.0541 e. The Morgan fingerprint density at radius 2 is 0.673 bits per heavy atom. The third-order valence-corrected chi connectivity index (χ3v) is 12.2. The van der Waals surface area contributed by atoms with Crippen molar-refractivity contribution < 1.29 is 0 Å². The van der Waals surface area contributed by atoms with E-state index >= 15 is 0 Å². The molecule has 0 bridgehead atoms. The second-order valence-corrected chi connectivity index (χ2v) is 15.3. The van der Waals surface area contributed by atoms with Gasteiger partial charge in [-0.3, -0.25) is 0 Å². The van der Waals surface area contributed by atoms with Crippen molar-refractivity contribution in [2.24, 2.45) is 0 Å². The van der Waals surface area contributed by atoms with Crippen LogP contribution in [0.15, 0.2) is 158 Å². The molecule has 0 amide bonds. The Balaban J connectivity index is 1.07. The Morgan fingerprint density at radius 1 is 0.327 bits per heavy atom. The molecule has 0 aliphatic heterocycles. The molecule has 0 aliphatic carbocycles. The standard InChI is InChI=1S/C52H39N3/c1-31-25-37(29-51(33(31)3)54-47-17-9-5-13-39(47)40-14-6-10-18-48(40)54)35-21-23-45-43(27-35)44-28-36(22-24-46(44)53-45)38-26-32(2)34(4)52(30-38)55-49-19-11-7-15-41(49)42-16-8-12-20-50(42)55/h5-30,53H,1-4H3. The van der Waals surface area contributed by atoms with Crippen LogP contribution in [0.4, 0.5) is 0 Å². The van der Waals surface area contributed by atoms with Crippen molar-refractivity contribution in [3.05, 3.63) is 180 Å². The lowest BCUT2D eigenvalue weighted by Gasteiger charge is -2.16. The van der Waals surface area contributed by atoms with Gasteiger partial charge in [0.1, 0.15) is 0 Å². The van der Waals surface area contributed by atoms with Crippen LogP contribution in [0.3, 0.4) is 0 Å². The van der Waals surface area contributed by atoms with E-state index in [9.17, 15) is 0 Å². The summed E-state index contributed by atoms with van der Waals surface area (Å²) in [6.45, 7) is 8.98. The molecule has 0 spiro atoms. The van der Waals surface area contributed by atoms with E-state index in [0.29, 0.717) is 0 Å². The fourth-order valence-corrected chi connectivity index (χ4v) is 9.10. The van der Waals surface area contributed by atoms with Crippen LogP contribution < -0.4 is 0 Å². The van der Waals surface area contributed by atoms with Crippen molar-refractivity contribution in [1.82, 2.24) is 14.1 Å². The number of nitrogens with one attached hydrogen (secondary N) is 1. The van der Waals surface area contributed by atoms with Gasteiger partial charge in [0, 0.05) is 54.7 Å². The van der Waals surface area contributed by atoms with Gasteiger partial charge in [-0.15, -0.1) is 0 Å². The molecule has 55 heavy (non-hydrogen) atoms. The molecule has 11 rings (SSSR count). The number of rotatable bonds is 4. The Bertz CT molecular complexity index is 3040. The van der Waals surface area contributed by atoms with Crippen LogP contribution in [0.1, 0.15) is 22.3 Å². The van der Waals surface area contributed by atoms with Crippen molar-refractivity contribution in [1.29, 1.82) is 0 Å². The van der Waals surface area contributed by atoms with E-state index in [-0.39, 0.29) is 0 Å². The Kier molecular flexibility index (Phi) is 6.81. The lowest BCUT2D eigenvalue weighted by atomic mass is 9.95. The molecule has 0 fully saturated rings. The maximum absolute atomic E-state index is 3.72.